The Bertz CT molecular complexity index is 803. The number of nitrogens with one attached hydrogen (secondary N) is 2. The minimum absolute atomic E-state index is 0.0823. The molecule has 0 spiro atoms. The average Bonchev–Trinajstić information content (AvgIpc) is 2.65. The molecule has 0 fully saturated rings. The molecule has 0 saturated carbocycles. The average molecular weight is 357 g/mol. The molecule has 0 radical (unpaired) electrons. The quantitative estimate of drug-likeness (QED) is 0.722. The van der Waals surface area contributed by atoms with Crippen molar-refractivity contribution in [2.24, 2.45) is 0 Å². The van der Waals surface area contributed by atoms with Crippen molar-refractivity contribution in [1.82, 2.24) is 4.98 Å². The summed E-state index contributed by atoms with van der Waals surface area (Å²) >= 11 is 0. The third-order valence-corrected chi connectivity index (χ3v) is 4.34. The molecule has 0 bridgehead atoms. The second kappa shape index (κ2) is 8.56. The highest BCUT2D eigenvalue weighted by atomic mass is 19.1. The highest BCUT2D eigenvalue weighted by Gasteiger charge is 2.11. The van der Waals surface area contributed by atoms with Crippen molar-refractivity contribution in [3.05, 3.63) is 65.5 Å². The molecule has 1 aliphatic carbocycles. The summed E-state index contributed by atoms with van der Waals surface area (Å²) in [7, 11) is 0. The Labute approximate surface area is 151 Å². The van der Waals surface area contributed by atoms with Crippen LogP contribution in [0.25, 0.3) is 0 Å². The van der Waals surface area contributed by atoms with Crippen LogP contribution in [-0.2, 0) is 0 Å². The Kier molecular flexibility index (Phi) is 5.94. The molecular weight excluding hydrogens is 336 g/mol. The minimum atomic E-state index is -0.825. The Morgan fingerprint density at radius 1 is 1.15 bits per heavy atom. The molecule has 2 aromatic rings. The molecule has 1 aromatic heterocycles. The first-order valence-electron chi connectivity index (χ1n) is 8.76. The van der Waals surface area contributed by atoms with Crippen LogP contribution in [0.3, 0.4) is 0 Å². The van der Waals surface area contributed by atoms with Gasteiger partial charge >= 0.3 is 0 Å². The summed E-state index contributed by atoms with van der Waals surface area (Å²) in [4.78, 5) is 16.2. The molecule has 1 heterocycles. The number of carbonyl (C=O) groups excluding carboxylic acids is 1. The largest absolute Gasteiger partial charge is 0.383 e. The number of benzene rings is 1. The van der Waals surface area contributed by atoms with Gasteiger partial charge < -0.3 is 10.6 Å². The van der Waals surface area contributed by atoms with E-state index < -0.39 is 17.5 Å². The van der Waals surface area contributed by atoms with E-state index in [0.29, 0.717) is 0 Å². The summed E-state index contributed by atoms with van der Waals surface area (Å²) in [5.41, 5.74) is 2.40. The number of amides is 1. The van der Waals surface area contributed by atoms with Gasteiger partial charge in [-0.15, -0.1) is 0 Å². The van der Waals surface area contributed by atoms with Gasteiger partial charge in [0.1, 0.15) is 17.3 Å². The predicted molar refractivity (Wildman–Crippen MR) is 98.2 cm³/mol. The molecule has 4 nitrogen and oxygen atoms in total. The smallest absolute Gasteiger partial charge is 0.274 e. The van der Waals surface area contributed by atoms with Crippen LogP contribution in [0, 0.1) is 11.6 Å². The van der Waals surface area contributed by atoms with E-state index in [1.807, 2.05) is 0 Å². The molecule has 2 N–H and O–H groups in total. The van der Waals surface area contributed by atoms with Crippen molar-refractivity contribution in [3.8, 4) is 0 Å². The van der Waals surface area contributed by atoms with E-state index in [1.54, 1.807) is 18.3 Å². The first-order chi connectivity index (χ1) is 12.6. The summed E-state index contributed by atoms with van der Waals surface area (Å²) in [5.74, 6) is -2.07. The van der Waals surface area contributed by atoms with Gasteiger partial charge in [-0.05, 0) is 56.4 Å². The van der Waals surface area contributed by atoms with Gasteiger partial charge in [0.05, 0.1) is 17.6 Å². The molecule has 0 saturated heterocycles. The summed E-state index contributed by atoms with van der Waals surface area (Å²) < 4.78 is 26.5. The van der Waals surface area contributed by atoms with Crippen molar-refractivity contribution < 1.29 is 13.6 Å². The van der Waals surface area contributed by atoms with Crippen molar-refractivity contribution in [1.29, 1.82) is 0 Å². The number of allylic oxidation sites excluding steroid dienone is 1. The van der Waals surface area contributed by atoms with Crippen molar-refractivity contribution in [2.45, 2.75) is 32.1 Å². The fraction of sp³-hybridized carbons (Fsp3) is 0.300. The lowest BCUT2D eigenvalue weighted by Crippen LogP contribution is -2.15. The highest BCUT2D eigenvalue weighted by Crippen LogP contribution is 2.20. The zero-order chi connectivity index (χ0) is 18.4. The monoisotopic (exact) mass is 357 g/mol. The fourth-order valence-corrected chi connectivity index (χ4v) is 2.91. The minimum Gasteiger partial charge on any atom is -0.383 e. The molecule has 1 aromatic carbocycles. The predicted octanol–water partition coefficient (Wildman–Crippen LogP) is 4.91. The van der Waals surface area contributed by atoms with Crippen molar-refractivity contribution >= 4 is 17.3 Å². The van der Waals surface area contributed by atoms with Crippen LogP contribution in [-0.4, -0.2) is 17.4 Å². The van der Waals surface area contributed by atoms with Crippen molar-refractivity contribution in [2.75, 3.05) is 17.2 Å². The molecule has 0 unspecified atom stereocenters. The third kappa shape index (κ3) is 4.88. The van der Waals surface area contributed by atoms with Gasteiger partial charge in [0.2, 0.25) is 0 Å². The molecule has 136 valence electrons. The van der Waals surface area contributed by atoms with E-state index in [4.69, 9.17) is 0 Å². The van der Waals surface area contributed by atoms with E-state index in [0.717, 1.165) is 30.8 Å². The lowest BCUT2D eigenvalue weighted by Gasteiger charge is -2.13. The zero-order valence-electron chi connectivity index (χ0n) is 14.4. The van der Waals surface area contributed by atoms with Crippen LogP contribution in [0.4, 0.5) is 20.2 Å². The maximum Gasteiger partial charge on any atom is 0.274 e. The van der Waals surface area contributed by atoms with Crippen LogP contribution in [0.2, 0.25) is 0 Å². The van der Waals surface area contributed by atoms with Crippen LogP contribution < -0.4 is 10.6 Å². The second-order valence-corrected chi connectivity index (χ2v) is 6.30. The standard InChI is InChI=1S/C20H21F2N3O/c21-15-6-8-18(17(22)12-15)25-20(26)19-9-7-16(13-24-19)23-11-10-14-4-2-1-3-5-14/h4,6-9,12-13,23H,1-3,5,10-11H2,(H,25,26). The number of hydrogen-bond donors (Lipinski definition) is 2. The SMILES string of the molecule is O=C(Nc1ccc(F)cc1F)c1ccc(NCCC2=CCCCC2)cn1. The number of pyridine rings is 1. The van der Waals surface area contributed by atoms with E-state index in [2.05, 4.69) is 21.7 Å². The Morgan fingerprint density at radius 2 is 2.04 bits per heavy atom. The van der Waals surface area contributed by atoms with Crippen LogP contribution in [0.15, 0.2) is 48.2 Å². The van der Waals surface area contributed by atoms with Crippen LogP contribution in [0.5, 0.6) is 0 Å². The normalized spacial score (nSPS) is 13.8. The summed E-state index contributed by atoms with van der Waals surface area (Å²) in [6.45, 7) is 0.819. The molecular formula is C20H21F2N3O. The number of nitrogens with zero attached hydrogens (tertiary/aromatic N) is 1. The molecule has 0 aliphatic heterocycles. The first kappa shape index (κ1) is 18.0. The Morgan fingerprint density at radius 3 is 2.73 bits per heavy atom. The lowest BCUT2D eigenvalue weighted by molar-refractivity contribution is 0.102. The number of anilines is 2. The second-order valence-electron chi connectivity index (χ2n) is 6.30. The maximum absolute atomic E-state index is 13.6. The third-order valence-electron chi connectivity index (χ3n) is 4.34. The lowest BCUT2D eigenvalue weighted by atomic mass is 9.97. The maximum atomic E-state index is 13.6. The Balaban J connectivity index is 1.53. The molecule has 3 rings (SSSR count). The van der Waals surface area contributed by atoms with Crippen LogP contribution in [0.1, 0.15) is 42.6 Å². The molecule has 1 aliphatic rings. The van der Waals surface area contributed by atoms with Gasteiger partial charge in [0.15, 0.2) is 0 Å². The van der Waals surface area contributed by atoms with E-state index >= 15 is 0 Å². The molecule has 1 amide bonds. The summed E-state index contributed by atoms with van der Waals surface area (Å²) in [6, 6.07) is 6.31. The fourth-order valence-electron chi connectivity index (χ4n) is 2.91. The number of aromatic nitrogens is 1. The zero-order valence-corrected chi connectivity index (χ0v) is 14.4. The van der Waals surface area contributed by atoms with Gasteiger partial charge in [0, 0.05) is 12.6 Å². The van der Waals surface area contributed by atoms with Gasteiger partial charge in [-0.1, -0.05) is 11.6 Å². The number of carbonyl (C=O) groups is 1. The first-order valence-corrected chi connectivity index (χ1v) is 8.76. The molecule has 6 heteroatoms. The van der Waals surface area contributed by atoms with E-state index in [1.165, 1.54) is 37.3 Å². The number of halogens is 2. The Hall–Kier alpha value is -2.76. The number of rotatable bonds is 6. The summed E-state index contributed by atoms with van der Waals surface area (Å²) in [5, 5.41) is 5.67. The highest BCUT2D eigenvalue weighted by molar-refractivity contribution is 6.03. The van der Waals surface area contributed by atoms with Gasteiger partial charge in [-0.3, -0.25) is 4.79 Å². The van der Waals surface area contributed by atoms with Gasteiger partial charge in [0.25, 0.3) is 5.91 Å². The van der Waals surface area contributed by atoms with E-state index in [-0.39, 0.29) is 11.4 Å². The van der Waals surface area contributed by atoms with Crippen molar-refractivity contribution in [3.63, 3.8) is 0 Å². The topological polar surface area (TPSA) is 54.0 Å². The molecule has 0 atom stereocenters. The van der Waals surface area contributed by atoms with Gasteiger partial charge in [-0.2, -0.15) is 0 Å². The summed E-state index contributed by atoms with van der Waals surface area (Å²) in [6.07, 6.45) is 9.81. The number of hydrogen-bond acceptors (Lipinski definition) is 3. The molecule has 26 heavy (non-hydrogen) atoms. The van der Waals surface area contributed by atoms with Crippen LogP contribution >= 0.6 is 0 Å². The van der Waals surface area contributed by atoms with Gasteiger partial charge in [-0.25, -0.2) is 13.8 Å². The van der Waals surface area contributed by atoms with E-state index in [9.17, 15) is 13.6 Å².